The van der Waals surface area contributed by atoms with Gasteiger partial charge >= 0.3 is 0 Å². The zero-order chi connectivity index (χ0) is 19.4. The van der Waals surface area contributed by atoms with Gasteiger partial charge in [-0.25, -0.2) is 13.6 Å². The predicted octanol–water partition coefficient (Wildman–Crippen LogP) is 1.66. The average Bonchev–Trinajstić information content (AvgIpc) is 2.61. The second-order valence-electron chi connectivity index (χ2n) is 6.07. The Morgan fingerprint density at radius 2 is 1.81 bits per heavy atom. The van der Waals surface area contributed by atoms with Crippen molar-refractivity contribution in [1.82, 2.24) is 5.32 Å². The van der Waals surface area contributed by atoms with Crippen LogP contribution in [0.15, 0.2) is 41.3 Å². The van der Waals surface area contributed by atoms with Gasteiger partial charge in [0, 0.05) is 6.54 Å². The van der Waals surface area contributed by atoms with E-state index in [-0.39, 0.29) is 17.2 Å². The molecule has 1 aliphatic heterocycles. The highest BCUT2D eigenvalue weighted by atomic mass is 35.5. The van der Waals surface area contributed by atoms with E-state index in [0.717, 1.165) is 11.1 Å². The first-order chi connectivity index (χ1) is 12.8. The molecule has 9 heteroatoms. The van der Waals surface area contributed by atoms with Crippen molar-refractivity contribution < 1.29 is 22.7 Å². The first-order valence-electron chi connectivity index (χ1n) is 8.29. The summed E-state index contributed by atoms with van der Waals surface area (Å²) in [5, 5.41) is 8.31. The summed E-state index contributed by atoms with van der Waals surface area (Å²) in [5.41, 5.74) is 1.63. The van der Waals surface area contributed by atoms with Gasteiger partial charge in [-0.15, -0.1) is 0 Å². The second-order valence-corrected chi connectivity index (χ2v) is 8.04. The summed E-state index contributed by atoms with van der Waals surface area (Å²) in [6.45, 7) is 1.32. The van der Waals surface area contributed by atoms with E-state index in [4.69, 9.17) is 26.2 Å². The molecule has 2 aromatic carbocycles. The normalized spacial score (nSPS) is 13.3. The number of nitrogens with one attached hydrogen (secondary N) is 1. The molecule has 7 nitrogen and oxygen atoms in total. The lowest BCUT2D eigenvalue weighted by Crippen LogP contribution is -2.27. The zero-order valence-corrected chi connectivity index (χ0v) is 16.0. The van der Waals surface area contributed by atoms with Crippen LogP contribution in [0.2, 0.25) is 5.02 Å². The van der Waals surface area contributed by atoms with Gasteiger partial charge in [0.15, 0.2) is 11.5 Å². The summed E-state index contributed by atoms with van der Waals surface area (Å²) >= 11 is 6.17. The number of primary sulfonamides is 1. The van der Waals surface area contributed by atoms with E-state index in [1.54, 1.807) is 24.3 Å². The summed E-state index contributed by atoms with van der Waals surface area (Å²) in [6.07, 6.45) is 0.735. The molecule has 1 heterocycles. The van der Waals surface area contributed by atoms with E-state index in [2.05, 4.69) is 5.32 Å². The van der Waals surface area contributed by atoms with Crippen LogP contribution in [-0.4, -0.2) is 34.1 Å². The Hall–Kier alpha value is -2.29. The Kier molecular flexibility index (Phi) is 5.88. The van der Waals surface area contributed by atoms with Crippen molar-refractivity contribution in [3.8, 4) is 11.5 Å². The van der Waals surface area contributed by atoms with E-state index in [1.165, 1.54) is 12.1 Å². The number of fused-ring (bicyclic) bond motifs is 1. The molecular formula is C18H19ClN2O5S. The largest absolute Gasteiger partial charge is 0.486 e. The average molecular weight is 411 g/mol. The Morgan fingerprint density at radius 3 is 2.52 bits per heavy atom. The van der Waals surface area contributed by atoms with Crippen molar-refractivity contribution in [2.75, 3.05) is 19.8 Å². The van der Waals surface area contributed by atoms with E-state index in [0.29, 0.717) is 42.7 Å². The highest BCUT2D eigenvalue weighted by Gasteiger charge is 2.17. The molecule has 3 N–H and O–H groups in total. The van der Waals surface area contributed by atoms with Crippen LogP contribution in [-0.2, 0) is 27.7 Å². The van der Waals surface area contributed by atoms with E-state index < -0.39 is 10.0 Å². The smallest absolute Gasteiger partial charge is 0.238 e. The maximum atomic E-state index is 12.1. The number of carbonyl (C=O) groups excluding carboxylic acids is 1. The molecule has 0 bridgehead atoms. The summed E-state index contributed by atoms with van der Waals surface area (Å²) < 4.78 is 33.4. The number of nitrogens with two attached hydrogens (primary N) is 1. The molecule has 1 amide bonds. The van der Waals surface area contributed by atoms with Crippen LogP contribution in [0.5, 0.6) is 11.5 Å². The summed E-state index contributed by atoms with van der Waals surface area (Å²) in [6, 6.07) is 9.69. The third-order valence-electron chi connectivity index (χ3n) is 4.01. The number of amides is 1. The van der Waals surface area contributed by atoms with Crippen LogP contribution in [0.1, 0.15) is 11.1 Å². The number of hydrogen-bond donors (Lipinski definition) is 2. The van der Waals surface area contributed by atoms with Gasteiger partial charge < -0.3 is 14.8 Å². The van der Waals surface area contributed by atoms with Crippen molar-refractivity contribution in [2.45, 2.75) is 17.7 Å². The number of carbonyl (C=O) groups is 1. The lowest BCUT2D eigenvalue weighted by atomic mass is 10.1. The van der Waals surface area contributed by atoms with Crippen LogP contribution in [0.3, 0.4) is 0 Å². The van der Waals surface area contributed by atoms with Gasteiger partial charge in [-0.05, 0) is 41.8 Å². The number of benzene rings is 2. The molecule has 0 saturated heterocycles. The molecule has 0 saturated carbocycles. The van der Waals surface area contributed by atoms with Crippen LogP contribution < -0.4 is 19.9 Å². The Bertz CT molecular complexity index is 945. The van der Waals surface area contributed by atoms with E-state index in [9.17, 15) is 13.2 Å². The highest BCUT2D eigenvalue weighted by Crippen LogP contribution is 2.38. The molecule has 0 spiro atoms. The van der Waals surface area contributed by atoms with Crippen molar-refractivity contribution in [3.63, 3.8) is 0 Å². The molecule has 2 aromatic rings. The van der Waals surface area contributed by atoms with E-state index in [1.807, 2.05) is 0 Å². The van der Waals surface area contributed by atoms with Gasteiger partial charge in [0.2, 0.25) is 15.9 Å². The molecule has 0 radical (unpaired) electrons. The van der Waals surface area contributed by atoms with Crippen molar-refractivity contribution in [2.24, 2.45) is 5.14 Å². The van der Waals surface area contributed by atoms with Gasteiger partial charge in [0.1, 0.15) is 13.2 Å². The zero-order valence-electron chi connectivity index (χ0n) is 14.4. The maximum Gasteiger partial charge on any atom is 0.238 e. The monoisotopic (exact) mass is 410 g/mol. The lowest BCUT2D eigenvalue weighted by molar-refractivity contribution is -0.120. The van der Waals surface area contributed by atoms with Gasteiger partial charge in [-0.3, -0.25) is 4.79 Å². The van der Waals surface area contributed by atoms with Crippen molar-refractivity contribution in [3.05, 3.63) is 52.5 Å². The summed E-state index contributed by atoms with van der Waals surface area (Å²) in [5.74, 6) is 0.908. The fraction of sp³-hybridized carbons (Fsp3) is 0.278. The van der Waals surface area contributed by atoms with Crippen LogP contribution >= 0.6 is 11.6 Å². The van der Waals surface area contributed by atoms with Crippen LogP contribution in [0, 0.1) is 0 Å². The van der Waals surface area contributed by atoms with Gasteiger partial charge in [-0.2, -0.15) is 0 Å². The molecule has 0 unspecified atom stereocenters. The predicted molar refractivity (Wildman–Crippen MR) is 101 cm³/mol. The Labute approximate surface area is 162 Å². The lowest BCUT2D eigenvalue weighted by Gasteiger charge is -2.20. The number of hydrogen-bond acceptors (Lipinski definition) is 5. The minimum atomic E-state index is -3.70. The fourth-order valence-electron chi connectivity index (χ4n) is 2.71. The van der Waals surface area contributed by atoms with E-state index >= 15 is 0 Å². The molecule has 3 rings (SSSR count). The van der Waals surface area contributed by atoms with Crippen LogP contribution in [0.4, 0.5) is 0 Å². The Balaban J connectivity index is 1.52. The number of ether oxygens (including phenoxy) is 2. The SMILES string of the molecule is NS(=O)(=O)c1ccc(CCNC(=O)Cc2cc(Cl)c3c(c2)OCCO3)cc1. The molecule has 0 aromatic heterocycles. The molecule has 0 atom stereocenters. The van der Waals surface area contributed by atoms with Gasteiger partial charge in [0.25, 0.3) is 0 Å². The summed E-state index contributed by atoms with van der Waals surface area (Å²) in [7, 11) is -3.70. The first-order valence-corrected chi connectivity index (χ1v) is 10.2. The Morgan fingerprint density at radius 1 is 1.11 bits per heavy atom. The van der Waals surface area contributed by atoms with Gasteiger partial charge in [-0.1, -0.05) is 23.7 Å². The van der Waals surface area contributed by atoms with Crippen molar-refractivity contribution >= 4 is 27.5 Å². The highest BCUT2D eigenvalue weighted by molar-refractivity contribution is 7.89. The molecule has 0 fully saturated rings. The quantitative estimate of drug-likeness (QED) is 0.753. The minimum absolute atomic E-state index is 0.0609. The summed E-state index contributed by atoms with van der Waals surface area (Å²) in [4.78, 5) is 12.2. The van der Waals surface area contributed by atoms with Gasteiger partial charge in [0.05, 0.1) is 16.3 Å². The number of halogens is 1. The number of rotatable bonds is 6. The van der Waals surface area contributed by atoms with Crippen LogP contribution in [0.25, 0.3) is 0 Å². The third-order valence-corrected chi connectivity index (χ3v) is 5.22. The first kappa shape index (κ1) is 19.5. The second kappa shape index (κ2) is 8.16. The van der Waals surface area contributed by atoms with Crippen molar-refractivity contribution in [1.29, 1.82) is 0 Å². The molecule has 27 heavy (non-hydrogen) atoms. The standard InChI is InChI=1S/C18H19ClN2O5S/c19-15-9-13(10-16-18(15)26-8-7-25-16)11-17(22)21-6-5-12-1-3-14(4-2-12)27(20,23)24/h1-4,9-10H,5-8,11H2,(H,21,22)(H2,20,23,24). The topological polar surface area (TPSA) is 108 Å². The molecule has 0 aliphatic carbocycles. The molecule has 1 aliphatic rings. The molecule has 144 valence electrons. The fourth-order valence-corrected chi connectivity index (χ4v) is 3.51. The maximum absolute atomic E-state index is 12.1. The molecular weight excluding hydrogens is 392 g/mol. The minimum Gasteiger partial charge on any atom is -0.486 e. The number of sulfonamides is 1. The third kappa shape index (κ3) is 5.12.